The van der Waals surface area contributed by atoms with E-state index in [9.17, 15) is 48.1 Å². The molecule has 0 saturated heterocycles. The third-order valence-corrected chi connectivity index (χ3v) is 7.14. The number of alkyl halides is 8. The molecule has 0 aliphatic heterocycles. The number of nitrogens with zero attached hydrogens (tertiary/aromatic N) is 1. The van der Waals surface area contributed by atoms with Gasteiger partial charge in [0.1, 0.15) is 0 Å². The molecule has 0 rings (SSSR count). The number of rotatable bonds is 11. The summed E-state index contributed by atoms with van der Waals surface area (Å²) in [4.78, 5) is 0. The van der Waals surface area contributed by atoms with Crippen LogP contribution in [0.25, 0.3) is 0 Å². The van der Waals surface area contributed by atoms with Gasteiger partial charge in [-0.15, -0.1) is 4.08 Å². The molecule has 0 unspecified atom stereocenters. The molecule has 26 heavy (non-hydrogen) atoms. The lowest BCUT2D eigenvalue weighted by atomic mass is 10.6. The Morgan fingerprint density at radius 1 is 1.00 bits per heavy atom. The molecule has 0 aromatic heterocycles. The van der Waals surface area contributed by atoms with Crippen LogP contribution in [-0.4, -0.2) is 56.7 Å². The highest BCUT2D eigenvalue weighted by Crippen LogP contribution is 2.56. The topological polar surface area (TPSA) is 82.1 Å². The maximum absolute atomic E-state index is 13.7. The summed E-state index contributed by atoms with van der Waals surface area (Å²) in [5.41, 5.74) is 0. The molecule has 17 heteroatoms. The molecular formula is C9H14F8NO6PS. The SMILES string of the molecule is CCOP(=O)(OCC)N(C)S(=O)(=O)C(F)(F)C(F)(F)OC(F)(F)C(F)F. The summed E-state index contributed by atoms with van der Waals surface area (Å²) >= 11 is 0. The number of hydrogen-bond donors (Lipinski definition) is 0. The van der Waals surface area contributed by atoms with Crippen molar-refractivity contribution in [1.82, 2.24) is 4.08 Å². The molecule has 0 amide bonds. The van der Waals surface area contributed by atoms with Gasteiger partial charge in [-0.1, -0.05) is 0 Å². The van der Waals surface area contributed by atoms with Gasteiger partial charge in [-0.3, -0.25) is 9.05 Å². The summed E-state index contributed by atoms with van der Waals surface area (Å²) in [5, 5.41) is -6.54. The Bertz CT molecular complexity index is 620. The number of sulfonamides is 1. The Morgan fingerprint density at radius 3 is 1.69 bits per heavy atom. The second kappa shape index (κ2) is 8.22. The van der Waals surface area contributed by atoms with E-state index >= 15 is 0 Å². The van der Waals surface area contributed by atoms with Crippen molar-refractivity contribution in [2.24, 2.45) is 0 Å². The zero-order chi connectivity index (χ0) is 21.2. The Balaban J connectivity index is 6.04. The van der Waals surface area contributed by atoms with Gasteiger partial charge in [0.25, 0.3) is 10.0 Å². The Morgan fingerprint density at radius 2 is 1.38 bits per heavy atom. The van der Waals surface area contributed by atoms with Crippen LogP contribution in [0.1, 0.15) is 13.8 Å². The van der Waals surface area contributed by atoms with E-state index in [0.29, 0.717) is 0 Å². The van der Waals surface area contributed by atoms with Gasteiger partial charge in [-0.2, -0.15) is 26.3 Å². The summed E-state index contributed by atoms with van der Waals surface area (Å²) in [5.74, 6) is 0. The van der Waals surface area contributed by atoms with Gasteiger partial charge in [0, 0.05) is 7.05 Å². The van der Waals surface area contributed by atoms with Gasteiger partial charge in [0.2, 0.25) is 0 Å². The van der Waals surface area contributed by atoms with Crippen molar-refractivity contribution in [3.05, 3.63) is 0 Å². The minimum absolute atomic E-state index is 0.0800. The quantitative estimate of drug-likeness (QED) is 0.356. The fraction of sp³-hybridized carbons (Fsp3) is 1.00. The van der Waals surface area contributed by atoms with E-state index in [4.69, 9.17) is 0 Å². The first-order valence-corrected chi connectivity index (χ1v) is 9.36. The average Bonchev–Trinajstić information content (AvgIpc) is 2.45. The average molecular weight is 447 g/mol. The zero-order valence-corrected chi connectivity index (χ0v) is 15.0. The molecule has 0 aromatic rings. The third-order valence-electron chi connectivity index (χ3n) is 2.46. The highest BCUT2D eigenvalue weighted by Gasteiger charge is 2.73. The number of halogens is 8. The van der Waals surface area contributed by atoms with Crippen molar-refractivity contribution in [3.8, 4) is 0 Å². The van der Waals surface area contributed by atoms with Crippen LogP contribution >= 0.6 is 7.75 Å². The van der Waals surface area contributed by atoms with Crippen LogP contribution in [0.15, 0.2) is 0 Å². The molecule has 0 aromatic carbocycles. The normalized spacial score (nSPS) is 15.1. The lowest BCUT2D eigenvalue weighted by molar-refractivity contribution is -0.435. The maximum Gasteiger partial charge on any atom is 0.449 e. The lowest BCUT2D eigenvalue weighted by Gasteiger charge is -2.33. The minimum Gasteiger partial charge on any atom is -0.296 e. The van der Waals surface area contributed by atoms with E-state index < -0.39 is 59.0 Å². The lowest BCUT2D eigenvalue weighted by Crippen LogP contribution is -2.56. The molecule has 0 radical (unpaired) electrons. The largest absolute Gasteiger partial charge is 0.449 e. The second-order valence-electron chi connectivity index (χ2n) is 4.24. The van der Waals surface area contributed by atoms with Crippen molar-refractivity contribution in [2.75, 3.05) is 20.3 Å². The second-order valence-corrected chi connectivity index (χ2v) is 8.58. The maximum atomic E-state index is 13.7. The predicted octanol–water partition coefficient (Wildman–Crippen LogP) is 3.49. The fourth-order valence-electron chi connectivity index (χ4n) is 1.25. The Labute approximate surface area is 142 Å². The van der Waals surface area contributed by atoms with Crippen molar-refractivity contribution < 1.29 is 61.9 Å². The van der Waals surface area contributed by atoms with E-state index in [1.807, 2.05) is 0 Å². The first-order chi connectivity index (χ1) is 11.4. The van der Waals surface area contributed by atoms with Crippen LogP contribution < -0.4 is 0 Å². The fourth-order valence-corrected chi connectivity index (χ4v) is 4.62. The number of hydrogen-bond acceptors (Lipinski definition) is 6. The van der Waals surface area contributed by atoms with E-state index in [1.54, 1.807) is 0 Å². The van der Waals surface area contributed by atoms with E-state index in [1.165, 1.54) is 0 Å². The van der Waals surface area contributed by atoms with Gasteiger partial charge in [-0.05, 0) is 13.8 Å². The highest BCUT2D eigenvalue weighted by molar-refractivity contribution is 7.95. The molecular weight excluding hydrogens is 433 g/mol. The molecule has 7 nitrogen and oxygen atoms in total. The van der Waals surface area contributed by atoms with Crippen molar-refractivity contribution in [2.45, 2.75) is 37.7 Å². The molecule has 0 fully saturated rings. The van der Waals surface area contributed by atoms with Crippen LogP contribution in [-0.2, 0) is 28.4 Å². The van der Waals surface area contributed by atoms with Crippen LogP contribution in [0.4, 0.5) is 35.1 Å². The van der Waals surface area contributed by atoms with E-state index in [2.05, 4.69) is 13.8 Å². The van der Waals surface area contributed by atoms with E-state index in [0.717, 1.165) is 13.8 Å². The number of ether oxygens (including phenoxy) is 1. The molecule has 0 atom stereocenters. The van der Waals surface area contributed by atoms with Gasteiger partial charge >= 0.3 is 31.6 Å². The van der Waals surface area contributed by atoms with Crippen LogP contribution in [0.2, 0.25) is 0 Å². The summed E-state index contributed by atoms with van der Waals surface area (Å²) < 4.78 is 148. The van der Waals surface area contributed by atoms with Crippen LogP contribution in [0, 0.1) is 0 Å². The molecule has 0 saturated carbocycles. The van der Waals surface area contributed by atoms with Gasteiger partial charge in [-0.25, -0.2) is 26.5 Å². The van der Waals surface area contributed by atoms with E-state index in [-0.39, 0.29) is 7.05 Å². The summed E-state index contributed by atoms with van der Waals surface area (Å²) in [6, 6.07) is 0. The monoisotopic (exact) mass is 447 g/mol. The standard InChI is InChI=1S/C9H14F8NO6PS/c1-4-22-25(19,23-5-2)18(3)26(20,21)9(16,17)8(14,15)24-7(12,13)6(10)11/h6H,4-5H2,1-3H3. The zero-order valence-electron chi connectivity index (χ0n) is 13.3. The molecule has 0 aliphatic rings. The molecule has 0 bridgehead atoms. The van der Waals surface area contributed by atoms with Crippen molar-refractivity contribution in [1.29, 1.82) is 0 Å². The molecule has 0 aliphatic carbocycles. The molecule has 0 N–H and O–H groups in total. The highest BCUT2D eigenvalue weighted by atomic mass is 32.2. The molecule has 0 heterocycles. The van der Waals surface area contributed by atoms with Crippen molar-refractivity contribution >= 4 is 17.8 Å². The first kappa shape index (κ1) is 25.5. The Kier molecular flexibility index (Phi) is 8.05. The smallest absolute Gasteiger partial charge is 0.296 e. The van der Waals surface area contributed by atoms with Gasteiger partial charge in [0.05, 0.1) is 13.2 Å². The summed E-state index contributed by atoms with van der Waals surface area (Å²) in [7, 11) is -11.8. The third kappa shape index (κ3) is 4.84. The summed E-state index contributed by atoms with van der Waals surface area (Å²) in [6.07, 6.45) is -17.7. The van der Waals surface area contributed by atoms with Crippen LogP contribution in [0.5, 0.6) is 0 Å². The summed E-state index contributed by atoms with van der Waals surface area (Å²) in [6.45, 7) is 1.06. The van der Waals surface area contributed by atoms with Gasteiger partial charge < -0.3 is 0 Å². The van der Waals surface area contributed by atoms with Crippen LogP contribution in [0.3, 0.4) is 0 Å². The van der Waals surface area contributed by atoms with Crippen molar-refractivity contribution in [3.63, 3.8) is 0 Å². The minimum atomic E-state index is -6.76. The Hall–Kier alpha value is -0.540. The molecule has 158 valence electrons. The first-order valence-electron chi connectivity index (χ1n) is 6.42. The van der Waals surface area contributed by atoms with Gasteiger partial charge in [0.15, 0.2) is 0 Å². The molecule has 0 spiro atoms. The predicted molar refractivity (Wildman–Crippen MR) is 69.5 cm³/mol.